The topological polar surface area (TPSA) is 13.1 Å². The van der Waals surface area contributed by atoms with Gasteiger partial charge in [0.25, 0.3) is 0 Å². The molecule has 0 unspecified atom stereocenters. The Hall–Kier alpha value is -6.48. The molecule has 0 radical (unpaired) electrons. The van der Waals surface area contributed by atoms with Crippen LogP contribution >= 0.6 is 11.3 Å². The standard InChI is InChI=1S/C50H28OS/c1-2-13-33-31(11-1)32-12-3-4-14-34(32)41-27-29(21-23-35(33)41)47-36-15-5-7-17-38(36)48(39-18-8-6-16-37(39)47)30-22-25-45-42(28-30)50-46(52-45)26-24-44-49(50)40-19-9-10-20-43(40)51-44/h1-28H. The summed E-state index contributed by atoms with van der Waals surface area (Å²) >= 11 is 1.86. The smallest absolute Gasteiger partial charge is 0.136 e. The minimum atomic E-state index is 0.933. The highest BCUT2D eigenvalue weighted by atomic mass is 32.1. The molecule has 0 fully saturated rings. The first-order chi connectivity index (χ1) is 25.8. The molecular weight excluding hydrogens is 649 g/mol. The number of furan rings is 1. The molecule has 0 amide bonds. The second-order valence-corrected chi connectivity index (χ2v) is 15.0. The van der Waals surface area contributed by atoms with Gasteiger partial charge in [-0.05, 0) is 113 Å². The maximum Gasteiger partial charge on any atom is 0.136 e. The molecule has 0 aliphatic carbocycles. The molecule has 2 aromatic heterocycles. The van der Waals surface area contributed by atoms with Gasteiger partial charge in [-0.15, -0.1) is 11.3 Å². The molecule has 0 spiro atoms. The van der Waals surface area contributed by atoms with Crippen LogP contribution in [0.2, 0.25) is 0 Å². The van der Waals surface area contributed by atoms with Gasteiger partial charge >= 0.3 is 0 Å². The van der Waals surface area contributed by atoms with Crippen LogP contribution in [0.1, 0.15) is 0 Å². The van der Waals surface area contributed by atoms with Crippen molar-refractivity contribution in [2.24, 2.45) is 0 Å². The van der Waals surface area contributed by atoms with Crippen LogP contribution in [0.4, 0.5) is 0 Å². The summed E-state index contributed by atoms with van der Waals surface area (Å²) in [5, 5.41) is 17.8. The van der Waals surface area contributed by atoms with Crippen LogP contribution in [0.3, 0.4) is 0 Å². The highest BCUT2D eigenvalue weighted by molar-refractivity contribution is 7.26. The molecule has 2 heteroatoms. The molecule has 240 valence electrons. The number of fused-ring (bicyclic) bond motifs is 15. The van der Waals surface area contributed by atoms with E-state index in [0.29, 0.717) is 0 Å². The number of hydrogen-bond donors (Lipinski definition) is 0. The first kappa shape index (κ1) is 28.2. The molecule has 0 atom stereocenters. The lowest BCUT2D eigenvalue weighted by Crippen LogP contribution is -1.91. The summed E-state index contributed by atoms with van der Waals surface area (Å²) in [4.78, 5) is 0. The molecule has 0 aliphatic heterocycles. The van der Waals surface area contributed by atoms with E-state index in [2.05, 4.69) is 164 Å². The molecule has 52 heavy (non-hydrogen) atoms. The van der Waals surface area contributed by atoms with Crippen molar-refractivity contribution in [1.82, 2.24) is 0 Å². The zero-order valence-electron chi connectivity index (χ0n) is 28.0. The van der Waals surface area contributed by atoms with E-state index in [0.717, 1.165) is 11.2 Å². The number of thiophene rings is 1. The van der Waals surface area contributed by atoms with Gasteiger partial charge in [0.15, 0.2) is 0 Å². The molecular formula is C50H28OS. The number of benzene rings is 10. The van der Waals surface area contributed by atoms with Crippen LogP contribution < -0.4 is 0 Å². The van der Waals surface area contributed by atoms with Gasteiger partial charge in [-0.1, -0.05) is 133 Å². The summed E-state index contributed by atoms with van der Waals surface area (Å²) in [6.07, 6.45) is 0. The molecule has 10 aromatic carbocycles. The summed E-state index contributed by atoms with van der Waals surface area (Å²) in [6, 6.07) is 62.6. The highest BCUT2D eigenvalue weighted by Crippen LogP contribution is 2.48. The Kier molecular flexibility index (Phi) is 5.71. The van der Waals surface area contributed by atoms with E-state index in [1.807, 2.05) is 17.4 Å². The molecule has 0 bridgehead atoms. The predicted octanol–water partition coefficient (Wildman–Crippen LogP) is 15.1. The normalized spacial score (nSPS) is 12.2. The summed E-state index contributed by atoms with van der Waals surface area (Å²) in [7, 11) is 0. The van der Waals surface area contributed by atoms with Gasteiger partial charge < -0.3 is 4.42 Å². The van der Waals surface area contributed by atoms with Crippen LogP contribution in [-0.2, 0) is 0 Å². The fourth-order valence-electron chi connectivity index (χ4n) is 9.05. The molecule has 0 aliphatic rings. The van der Waals surface area contributed by atoms with Crippen molar-refractivity contribution in [2.45, 2.75) is 0 Å². The van der Waals surface area contributed by atoms with Gasteiger partial charge in [0, 0.05) is 30.9 Å². The van der Waals surface area contributed by atoms with Gasteiger partial charge in [0.05, 0.1) is 0 Å². The SMILES string of the molecule is c1ccc2c(c1)oc1ccc3sc4ccc(-c5c6ccccc6c(-c6ccc7c8ccccc8c8ccccc8c7c6)c6ccccc56)cc4c3c12. The van der Waals surface area contributed by atoms with E-state index in [4.69, 9.17) is 4.42 Å². The third kappa shape index (κ3) is 3.82. The molecule has 12 aromatic rings. The summed E-state index contributed by atoms with van der Waals surface area (Å²) < 4.78 is 8.91. The Morgan fingerprint density at radius 1 is 0.288 bits per heavy atom. The lowest BCUT2D eigenvalue weighted by atomic mass is 9.84. The molecule has 12 rings (SSSR count). The van der Waals surface area contributed by atoms with Gasteiger partial charge in [-0.3, -0.25) is 0 Å². The van der Waals surface area contributed by atoms with E-state index >= 15 is 0 Å². The highest BCUT2D eigenvalue weighted by Gasteiger charge is 2.20. The molecule has 1 nitrogen and oxygen atoms in total. The van der Waals surface area contributed by atoms with Crippen molar-refractivity contribution in [3.63, 3.8) is 0 Å². The Labute approximate surface area is 302 Å². The Morgan fingerprint density at radius 2 is 0.731 bits per heavy atom. The van der Waals surface area contributed by atoms with Crippen molar-refractivity contribution in [3.05, 3.63) is 170 Å². The van der Waals surface area contributed by atoms with Crippen LogP contribution in [0.15, 0.2) is 174 Å². The molecule has 2 heterocycles. The average molecular weight is 677 g/mol. The Bertz CT molecular complexity index is 3380. The summed E-state index contributed by atoms with van der Waals surface area (Å²) in [5.41, 5.74) is 6.89. The summed E-state index contributed by atoms with van der Waals surface area (Å²) in [5.74, 6) is 0. The molecule has 0 saturated carbocycles. The number of hydrogen-bond acceptors (Lipinski definition) is 2. The average Bonchev–Trinajstić information content (AvgIpc) is 3.77. The Balaban J connectivity index is 1.16. The van der Waals surface area contributed by atoms with Crippen molar-refractivity contribution in [3.8, 4) is 22.3 Å². The van der Waals surface area contributed by atoms with E-state index in [1.165, 1.54) is 107 Å². The molecule has 0 N–H and O–H groups in total. The lowest BCUT2D eigenvalue weighted by Gasteiger charge is -2.19. The largest absolute Gasteiger partial charge is 0.456 e. The fourth-order valence-corrected chi connectivity index (χ4v) is 10.1. The summed E-state index contributed by atoms with van der Waals surface area (Å²) in [6.45, 7) is 0. The third-order valence-electron chi connectivity index (χ3n) is 11.2. The monoisotopic (exact) mass is 676 g/mol. The number of rotatable bonds is 2. The fraction of sp³-hybridized carbons (Fsp3) is 0. The van der Waals surface area contributed by atoms with Crippen LogP contribution in [-0.4, -0.2) is 0 Å². The van der Waals surface area contributed by atoms with E-state index in [1.54, 1.807) is 0 Å². The van der Waals surface area contributed by atoms with Gasteiger partial charge in [0.2, 0.25) is 0 Å². The van der Waals surface area contributed by atoms with Crippen molar-refractivity contribution >= 4 is 107 Å². The van der Waals surface area contributed by atoms with Crippen LogP contribution in [0.5, 0.6) is 0 Å². The third-order valence-corrected chi connectivity index (χ3v) is 12.4. The zero-order valence-corrected chi connectivity index (χ0v) is 28.8. The lowest BCUT2D eigenvalue weighted by molar-refractivity contribution is 0.669. The maximum atomic E-state index is 6.34. The quantitative estimate of drug-likeness (QED) is 0.131. The second kappa shape index (κ2) is 10.5. The first-order valence-corrected chi connectivity index (χ1v) is 18.7. The van der Waals surface area contributed by atoms with E-state index in [9.17, 15) is 0 Å². The maximum absolute atomic E-state index is 6.34. The van der Waals surface area contributed by atoms with Crippen molar-refractivity contribution < 1.29 is 4.42 Å². The first-order valence-electron chi connectivity index (χ1n) is 17.8. The Morgan fingerprint density at radius 3 is 1.33 bits per heavy atom. The number of para-hydroxylation sites is 1. The van der Waals surface area contributed by atoms with Crippen LogP contribution in [0.25, 0.3) is 118 Å². The van der Waals surface area contributed by atoms with Crippen molar-refractivity contribution in [1.29, 1.82) is 0 Å². The molecule has 0 saturated heterocycles. The zero-order chi connectivity index (χ0) is 33.9. The second-order valence-electron chi connectivity index (χ2n) is 13.9. The minimum absolute atomic E-state index is 0.933. The minimum Gasteiger partial charge on any atom is -0.456 e. The van der Waals surface area contributed by atoms with E-state index in [-0.39, 0.29) is 0 Å². The van der Waals surface area contributed by atoms with Crippen LogP contribution in [0, 0.1) is 0 Å². The van der Waals surface area contributed by atoms with Gasteiger partial charge in [-0.25, -0.2) is 0 Å². The van der Waals surface area contributed by atoms with E-state index < -0.39 is 0 Å². The van der Waals surface area contributed by atoms with Gasteiger partial charge in [0.1, 0.15) is 11.2 Å². The van der Waals surface area contributed by atoms with Crippen molar-refractivity contribution in [2.75, 3.05) is 0 Å². The van der Waals surface area contributed by atoms with Gasteiger partial charge in [-0.2, -0.15) is 0 Å². The predicted molar refractivity (Wildman–Crippen MR) is 225 cm³/mol.